The molecule has 4 aliphatic rings. The van der Waals surface area contributed by atoms with Crippen molar-refractivity contribution >= 4 is 5.97 Å². The molecule has 3 saturated carbocycles. The van der Waals surface area contributed by atoms with E-state index in [0.29, 0.717) is 23.2 Å². The fourth-order valence-electron chi connectivity index (χ4n) is 7.63. The van der Waals surface area contributed by atoms with Crippen molar-refractivity contribution in [2.45, 2.75) is 71.3 Å². The van der Waals surface area contributed by atoms with Crippen molar-refractivity contribution in [1.82, 2.24) is 0 Å². The molecule has 1 spiro atoms. The van der Waals surface area contributed by atoms with E-state index in [4.69, 9.17) is 4.74 Å². The Morgan fingerprint density at radius 1 is 1.08 bits per heavy atom. The Morgan fingerprint density at radius 3 is 2.42 bits per heavy atom. The second-order valence-corrected chi connectivity index (χ2v) is 9.90. The zero-order valence-corrected chi connectivity index (χ0v) is 15.6. The highest BCUT2D eigenvalue weighted by molar-refractivity contribution is 5.81. The van der Waals surface area contributed by atoms with Crippen LogP contribution in [0.15, 0.2) is 12.2 Å². The molecule has 24 heavy (non-hydrogen) atoms. The van der Waals surface area contributed by atoms with E-state index >= 15 is 0 Å². The highest BCUT2D eigenvalue weighted by Crippen LogP contribution is 2.72. The van der Waals surface area contributed by atoms with Gasteiger partial charge in [0.15, 0.2) is 5.60 Å². The smallest absolute Gasteiger partial charge is 0.338 e. The maximum atomic E-state index is 12.3. The van der Waals surface area contributed by atoms with E-state index in [2.05, 4.69) is 32.9 Å². The van der Waals surface area contributed by atoms with Gasteiger partial charge in [0.1, 0.15) is 0 Å². The SMILES string of the molecule is COC(=O)[C@]1(O)CC[C@@H]2[C@@]3(C)CCCC(C)(C)[C@@H]3CC[C@]23C=C[C@@H]31. The summed E-state index contributed by atoms with van der Waals surface area (Å²) in [6.45, 7) is 7.42. The average Bonchev–Trinajstić information content (AvgIpc) is 2.49. The van der Waals surface area contributed by atoms with Gasteiger partial charge in [0, 0.05) is 11.3 Å². The zero-order valence-electron chi connectivity index (χ0n) is 15.6. The van der Waals surface area contributed by atoms with Gasteiger partial charge in [-0.1, -0.05) is 39.3 Å². The quantitative estimate of drug-likeness (QED) is 0.581. The number of carbonyl (C=O) groups is 1. The van der Waals surface area contributed by atoms with Crippen LogP contribution in [0.25, 0.3) is 0 Å². The predicted molar refractivity (Wildman–Crippen MR) is 93.2 cm³/mol. The largest absolute Gasteiger partial charge is 0.467 e. The van der Waals surface area contributed by atoms with Gasteiger partial charge in [-0.05, 0) is 61.2 Å². The second-order valence-electron chi connectivity index (χ2n) is 9.90. The molecule has 3 heteroatoms. The molecule has 0 radical (unpaired) electrons. The summed E-state index contributed by atoms with van der Waals surface area (Å²) in [6, 6.07) is 0. The van der Waals surface area contributed by atoms with Crippen LogP contribution in [0.1, 0.15) is 65.7 Å². The van der Waals surface area contributed by atoms with Gasteiger partial charge in [0.05, 0.1) is 7.11 Å². The number of fused-ring (bicyclic) bond motifs is 2. The molecule has 134 valence electrons. The van der Waals surface area contributed by atoms with E-state index < -0.39 is 11.6 Å². The van der Waals surface area contributed by atoms with Gasteiger partial charge in [0.25, 0.3) is 0 Å². The van der Waals surface area contributed by atoms with Crippen molar-refractivity contribution in [2.75, 3.05) is 7.11 Å². The summed E-state index contributed by atoms with van der Waals surface area (Å²) in [4.78, 5) is 12.3. The molecule has 0 saturated heterocycles. The van der Waals surface area contributed by atoms with E-state index in [0.717, 1.165) is 18.8 Å². The van der Waals surface area contributed by atoms with Crippen LogP contribution in [0.2, 0.25) is 0 Å². The van der Waals surface area contributed by atoms with Crippen LogP contribution < -0.4 is 0 Å². The van der Waals surface area contributed by atoms with Gasteiger partial charge in [-0.3, -0.25) is 0 Å². The first kappa shape index (κ1) is 16.6. The molecule has 0 aromatic rings. The fourth-order valence-corrected chi connectivity index (χ4v) is 7.63. The van der Waals surface area contributed by atoms with E-state index in [1.54, 1.807) is 0 Å². The Labute approximate surface area is 145 Å². The number of rotatable bonds is 1. The van der Waals surface area contributed by atoms with Crippen molar-refractivity contribution in [3.05, 3.63) is 12.2 Å². The van der Waals surface area contributed by atoms with Crippen molar-refractivity contribution in [3.8, 4) is 0 Å². The van der Waals surface area contributed by atoms with Crippen LogP contribution in [0, 0.1) is 34.0 Å². The second kappa shape index (κ2) is 4.87. The number of methoxy groups -OCH3 is 1. The number of ether oxygens (including phenoxy) is 1. The first-order valence-corrected chi connectivity index (χ1v) is 9.71. The molecule has 1 N–H and O–H groups in total. The van der Waals surface area contributed by atoms with Crippen LogP contribution in [0.3, 0.4) is 0 Å². The Hall–Kier alpha value is -0.830. The number of hydrogen-bond donors (Lipinski definition) is 1. The summed E-state index contributed by atoms with van der Waals surface area (Å²) < 4.78 is 4.96. The molecule has 0 heterocycles. The highest BCUT2D eigenvalue weighted by Gasteiger charge is 2.69. The molecule has 0 bridgehead atoms. The lowest BCUT2D eigenvalue weighted by atomic mass is 9.35. The molecular formula is C21H32O3. The lowest BCUT2D eigenvalue weighted by molar-refractivity contribution is -0.215. The summed E-state index contributed by atoms with van der Waals surface area (Å²) in [7, 11) is 1.39. The minimum atomic E-state index is -1.31. The molecule has 0 aromatic heterocycles. The number of aliphatic hydroxyl groups is 1. The molecule has 0 aliphatic heterocycles. The number of carbonyl (C=O) groups excluding carboxylic acids is 1. The van der Waals surface area contributed by atoms with Crippen LogP contribution in [0.4, 0.5) is 0 Å². The van der Waals surface area contributed by atoms with Gasteiger partial charge in [-0.2, -0.15) is 0 Å². The minimum Gasteiger partial charge on any atom is -0.467 e. The molecule has 6 atom stereocenters. The maximum absolute atomic E-state index is 12.3. The molecule has 0 amide bonds. The highest BCUT2D eigenvalue weighted by atomic mass is 16.5. The van der Waals surface area contributed by atoms with E-state index in [1.807, 2.05) is 0 Å². The van der Waals surface area contributed by atoms with Crippen molar-refractivity contribution in [3.63, 3.8) is 0 Å². The predicted octanol–water partition coefficient (Wildman–Crippen LogP) is 4.10. The first-order valence-electron chi connectivity index (χ1n) is 9.71. The zero-order chi connectivity index (χ0) is 17.4. The monoisotopic (exact) mass is 332 g/mol. The van der Waals surface area contributed by atoms with Crippen molar-refractivity contribution < 1.29 is 14.6 Å². The van der Waals surface area contributed by atoms with Gasteiger partial charge in [0.2, 0.25) is 0 Å². The summed E-state index contributed by atoms with van der Waals surface area (Å²) in [5.74, 6) is 0.849. The van der Waals surface area contributed by atoms with Crippen LogP contribution in [-0.2, 0) is 9.53 Å². The molecule has 3 fully saturated rings. The summed E-state index contributed by atoms with van der Waals surface area (Å²) >= 11 is 0. The van der Waals surface area contributed by atoms with E-state index in [-0.39, 0.29) is 11.3 Å². The summed E-state index contributed by atoms with van der Waals surface area (Å²) in [5.41, 5.74) is -0.554. The van der Waals surface area contributed by atoms with Crippen LogP contribution in [0.5, 0.6) is 0 Å². The lowest BCUT2D eigenvalue weighted by Crippen LogP contribution is -2.67. The summed E-state index contributed by atoms with van der Waals surface area (Å²) in [6.07, 6.45) is 12.2. The Bertz CT molecular complexity index is 594. The van der Waals surface area contributed by atoms with Gasteiger partial charge in [-0.15, -0.1) is 0 Å². The number of allylic oxidation sites excluding steroid dienone is 1. The number of esters is 1. The van der Waals surface area contributed by atoms with Crippen LogP contribution in [-0.4, -0.2) is 23.8 Å². The topological polar surface area (TPSA) is 46.5 Å². The Balaban J connectivity index is 1.73. The molecule has 3 nitrogen and oxygen atoms in total. The fraction of sp³-hybridized carbons (Fsp3) is 0.857. The minimum absolute atomic E-state index is 0.0137. The molecule has 4 aliphatic carbocycles. The maximum Gasteiger partial charge on any atom is 0.338 e. The average molecular weight is 332 g/mol. The van der Waals surface area contributed by atoms with E-state index in [1.165, 1.54) is 32.8 Å². The van der Waals surface area contributed by atoms with Crippen molar-refractivity contribution in [1.29, 1.82) is 0 Å². The van der Waals surface area contributed by atoms with Gasteiger partial charge in [-0.25, -0.2) is 4.79 Å². The summed E-state index contributed by atoms with van der Waals surface area (Å²) in [5, 5.41) is 11.1. The Morgan fingerprint density at radius 2 is 1.79 bits per heavy atom. The van der Waals surface area contributed by atoms with E-state index in [9.17, 15) is 9.90 Å². The number of hydrogen-bond acceptors (Lipinski definition) is 3. The van der Waals surface area contributed by atoms with Gasteiger partial charge < -0.3 is 9.84 Å². The Kier molecular flexibility index (Phi) is 3.37. The molecule has 0 aromatic carbocycles. The molecular weight excluding hydrogens is 300 g/mol. The standard InChI is InChI=1S/C21H32O3/c1-18(2)9-5-10-19(3)14(18)6-11-20-12-7-16(20)21(23,17(22)24-4)13-8-15(19)20/h7,12,14-16,23H,5-6,8-11,13H2,1-4H3/t14-,15+,16-,19-,20-,21-/m0/s1. The third-order valence-corrected chi connectivity index (χ3v) is 8.63. The third kappa shape index (κ3) is 1.80. The third-order valence-electron chi connectivity index (χ3n) is 8.63. The molecule has 0 unspecified atom stereocenters. The first-order chi connectivity index (χ1) is 11.2. The molecule has 4 rings (SSSR count). The lowest BCUT2D eigenvalue weighted by Gasteiger charge is -2.69. The van der Waals surface area contributed by atoms with Gasteiger partial charge >= 0.3 is 5.97 Å². The normalized spacial score (nSPS) is 51.6. The van der Waals surface area contributed by atoms with Crippen LogP contribution >= 0.6 is 0 Å². The van der Waals surface area contributed by atoms with Crippen molar-refractivity contribution in [2.24, 2.45) is 34.0 Å².